The molecule has 1 aromatic heterocycles. The van der Waals surface area contributed by atoms with Crippen molar-refractivity contribution in [1.29, 1.82) is 5.26 Å². The van der Waals surface area contributed by atoms with Gasteiger partial charge in [-0.15, -0.1) is 0 Å². The van der Waals surface area contributed by atoms with Crippen molar-refractivity contribution in [3.8, 4) is 17.5 Å². The van der Waals surface area contributed by atoms with Crippen LogP contribution in [0.4, 0.5) is 18.9 Å². The quantitative estimate of drug-likeness (QED) is 0.908. The van der Waals surface area contributed by atoms with E-state index in [4.69, 9.17) is 11.6 Å². The zero-order valence-corrected chi connectivity index (χ0v) is 13.2. The van der Waals surface area contributed by atoms with Gasteiger partial charge in [-0.3, -0.25) is 4.79 Å². The highest BCUT2D eigenvalue weighted by molar-refractivity contribution is 6.33. The summed E-state index contributed by atoms with van der Waals surface area (Å²) in [5.41, 5.74) is -0.620. The van der Waals surface area contributed by atoms with E-state index in [0.29, 0.717) is 0 Å². The molecule has 1 N–H and O–H groups in total. The van der Waals surface area contributed by atoms with E-state index >= 15 is 0 Å². The first kappa shape index (κ1) is 17.6. The van der Waals surface area contributed by atoms with E-state index < -0.39 is 29.8 Å². The number of amides is 1. The van der Waals surface area contributed by atoms with Crippen LogP contribution in [0.1, 0.15) is 18.3 Å². The van der Waals surface area contributed by atoms with E-state index in [1.165, 1.54) is 13.8 Å². The second-order valence-electron chi connectivity index (χ2n) is 4.63. The van der Waals surface area contributed by atoms with Gasteiger partial charge in [0.05, 0.1) is 10.7 Å². The summed E-state index contributed by atoms with van der Waals surface area (Å²) in [7, 11) is 0. The topological polar surface area (TPSA) is 79.9 Å². The van der Waals surface area contributed by atoms with Gasteiger partial charge in [0.2, 0.25) is 5.91 Å². The van der Waals surface area contributed by atoms with Gasteiger partial charge in [0.15, 0.2) is 17.3 Å². The Morgan fingerprint density at radius 1 is 1.50 bits per heavy atom. The average Bonchev–Trinajstić information content (AvgIpc) is 2.77. The lowest BCUT2D eigenvalue weighted by atomic mass is 10.2. The lowest BCUT2D eigenvalue weighted by Crippen LogP contribution is -2.09. The van der Waals surface area contributed by atoms with Gasteiger partial charge in [-0.1, -0.05) is 11.6 Å². The SMILES string of the molecule is CC(=O)Nc1cc(-n2nc(C)c(OC(F)F)c2C#N)c(F)cc1Cl. The van der Waals surface area contributed by atoms with E-state index in [9.17, 15) is 23.2 Å². The van der Waals surface area contributed by atoms with Gasteiger partial charge in [0, 0.05) is 6.92 Å². The molecule has 24 heavy (non-hydrogen) atoms. The van der Waals surface area contributed by atoms with Gasteiger partial charge in [-0.25, -0.2) is 9.07 Å². The fourth-order valence-electron chi connectivity index (χ4n) is 2.00. The van der Waals surface area contributed by atoms with Crippen LogP contribution in [0.5, 0.6) is 5.75 Å². The van der Waals surface area contributed by atoms with E-state index in [0.717, 1.165) is 16.8 Å². The molecule has 1 aromatic carbocycles. The third kappa shape index (κ3) is 3.44. The minimum Gasteiger partial charge on any atom is -0.430 e. The molecule has 0 saturated heterocycles. The zero-order valence-electron chi connectivity index (χ0n) is 12.4. The van der Waals surface area contributed by atoms with Crippen molar-refractivity contribution in [3.05, 3.63) is 34.4 Å². The van der Waals surface area contributed by atoms with E-state index in [1.807, 2.05) is 0 Å². The van der Waals surface area contributed by atoms with Gasteiger partial charge in [-0.2, -0.15) is 19.1 Å². The number of hydrogen-bond donors (Lipinski definition) is 1. The highest BCUT2D eigenvalue weighted by Gasteiger charge is 2.23. The molecule has 1 heterocycles. The maximum atomic E-state index is 14.2. The van der Waals surface area contributed by atoms with E-state index in [2.05, 4.69) is 15.2 Å². The number of ether oxygens (including phenoxy) is 1. The number of rotatable bonds is 4. The van der Waals surface area contributed by atoms with Crippen LogP contribution in [0.3, 0.4) is 0 Å². The lowest BCUT2D eigenvalue weighted by molar-refractivity contribution is -0.114. The molecular weight excluding hydrogens is 349 g/mol. The Kier molecular flexibility index (Phi) is 4.99. The molecule has 0 unspecified atom stereocenters. The molecule has 2 rings (SSSR count). The van der Waals surface area contributed by atoms with Crippen molar-refractivity contribution in [3.63, 3.8) is 0 Å². The zero-order chi connectivity index (χ0) is 18.0. The number of benzene rings is 1. The van der Waals surface area contributed by atoms with Crippen LogP contribution >= 0.6 is 11.6 Å². The van der Waals surface area contributed by atoms with E-state index in [-0.39, 0.29) is 22.1 Å². The fourth-order valence-corrected chi connectivity index (χ4v) is 2.20. The first-order valence-corrected chi connectivity index (χ1v) is 6.84. The van der Waals surface area contributed by atoms with Gasteiger partial charge in [-0.05, 0) is 19.1 Å². The summed E-state index contributed by atoms with van der Waals surface area (Å²) >= 11 is 5.84. The number of anilines is 1. The maximum absolute atomic E-state index is 14.2. The molecule has 0 fully saturated rings. The minimum atomic E-state index is -3.17. The van der Waals surface area contributed by atoms with Crippen LogP contribution in [0.15, 0.2) is 12.1 Å². The van der Waals surface area contributed by atoms with E-state index in [1.54, 1.807) is 6.07 Å². The van der Waals surface area contributed by atoms with Crippen molar-refractivity contribution in [1.82, 2.24) is 9.78 Å². The summed E-state index contributed by atoms with van der Waals surface area (Å²) < 4.78 is 44.2. The second kappa shape index (κ2) is 6.80. The highest BCUT2D eigenvalue weighted by atomic mass is 35.5. The van der Waals surface area contributed by atoms with Crippen molar-refractivity contribution in [2.75, 3.05) is 5.32 Å². The number of nitrogens with zero attached hydrogens (tertiary/aromatic N) is 3. The normalized spacial score (nSPS) is 10.6. The van der Waals surface area contributed by atoms with Gasteiger partial charge in [0.25, 0.3) is 0 Å². The van der Waals surface area contributed by atoms with Crippen LogP contribution in [0.2, 0.25) is 5.02 Å². The van der Waals surface area contributed by atoms with Crippen LogP contribution in [-0.4, -0.2) is 22.3 Å². The number of carbonyl (C=O) groups excluding carboxylic acids is 1. The Balaban J connectivity index is 2.64. The highest BCUT2D eigenvalue weighted by Crippen LogP contribution is 2.32. The molecule has 0 spiro atoms. The second-order valence-corrected chi connectivity index (χ2v) is 5.04. The van der Waals surface area contributed by atoms with Crippen molar-refractivity contribution in [2.45, 2.75) is 20.5 Å². The number of aromatic nitrogens is 2. The number of carbonyl (C=O) groups is 1. The monoisotopic (exact) mass is 358 g/mol. The summed E-state index contributed by atoms with van der Waals surface area (Å²) in [6.07, 6.45) is 0. The number of aryl methyl sites for hydroxylation is 1. The maximum Gasteiger partial charge on any atom is 0.387 e. The molecule has 0 aliphatic heterocycles. The number of halogens is 4. The minimum absolute atomic E-state index is 0.0257. The number of nitriles is 1. The number of nitrogens with one attached hydrogen (secondary N) is 1. The van der Waals surface area contributed by atoms with Gasteiger partial charge in [0.1, 0.15) is 17.5 Å². The molecule has 2 aromatic rings. The standard InChI is InChI=1S/C14H10ClF3N4O2/c1-6-13(24-14(17)18)12(5-19)22(21-6)11-4-10(20-7(2)23)8(15)3-9(11)16/h3-4,14H,1-2H3,(H,20,23). The summed E-state index contributed by atoms with van der Waals surface area (Å²) in [6, 6.07) is 3.69. The average molecular weight is 359 g/mol. The first-order valence-electron chi connectivity index (χ1n) is 6.46. The summed E-state index contributed by atoms with van der Waals surface area (Å²) in [5, 5.41) is 15.4. The summed E-state index contributed by atoms with van der Waals surface area (Å²) in [4.78, 5) is 11.2. The fraction of sp³-hybridized carbons (Fsp3) is 0.214. The largest absolute Gasteiger partial charge is 0.430 e. The molecule has 0 atom stereocenters. The first-order chi connectivity index (χ1) is 11.2. The van der Waals surface area contributed by atoms with Crippen molar-refractivity contribution >= 4 is 23.2 Å². The van der Waals surface area contributed by atoms with Crippen LogP contribution in [0, 0.1) is 24.1 Å². The molecule has 0 bridgehead atoms. The molecule has 0 aliphatic carbocycles. The van der Waals surface area contributed by atoms with Crippen molar-refractivity contribution < 1.29 is 22.7 Å². The number of alkyl halides is 2. The van der Waals surface area contributed by atoms with Crippen molar-refractivity contribution in [2.24, 2.45) is 0 Å². The molecule has 6 nitrogen and oxygen atoms in total. The lowest BCUT2D eigenvalue weighted by Gasteiger charge is -2.10. The molecule has 10 heteroatoms. The van der Waals surface area contributed by atoms with Crippen LogP contribution in [0.25, 0.3) is 5.69 Å². The third-order valence-electron chi connectivity index (χ3n) is 2.89. The van der Waals surface area contributed by atoms with Crippen LogP contribution in [-0.2, 0) is 4.79 Å². The van der Waals surface area contributed by atoms with Gasteiger partial charge < -0.3 is 10.1 Å². The molecule has 0 saturated carbocycles. The van der Waals surface area contributed by atoms with Crippen LogP contribution < -0.4 is 10.1 Å². The van der Waals surface area contributed by atoms with Gasteiger partial charge >= 0.3 is 6.61 Å². The summed E-state index contributed by atoms with van der Waals surface area (Å²) in [5.74, 6) is -1.77. The predicted octanol–water partition coefficient (Wildman–Crippen LogP) is 3.40. The Morgan fingerprint density at radius 3 is 2.71 bits per heavy atom. The predicted molar refractivity (Wildman–Crippen MR) is 78.9 cm³/mol. The molecule has 0 radical (unpaired) electrons. The third-order valence-corrected chi connectivity index (χ3v) is 3.21. The Labute approximate surface area is 139 Å². The Morgan fingerprint density at radius 2 is 2.17 bits per heavy atom. The smallest absolute Gasteiger partial charge is 0.387 e. The molecule has 126 valence electrons. The molecule has 1 amide bonds. The Hall–Kier alpha value is -2.73. The number of hydrogen-bond acceptors (Lipinski definition) is 4. The Bertz CT molecular complexity index is 846. The summed E-state index contributed by atoms with van der Waals surface area (Å²) in [6.45, 7) is -0.608. The molecular formula is C14H10ClF3N4O2. The molecule has 0 aliphatic rings.